The Balaban J connectivity index is 1.62. The van der Waals surface area contributed by atoms with E-state index in [2.05, 4.69) is 5.32 Å². The molecule has 0 radical (unpaired) electrons. The average Bonchev–Trinajstić information content (AvgIpc) is 3.48. The van der Waals surface area contributed by atoms with E-state index < -0.39 is 0 Å². The van der Waals surface area contributed by atoms with Gasteiger partial charge in [-0.15, -0.1) is 11.3 Å². The van der Waals surface area contributed by atoms with Crippen molar-refractivity contribution in [1.82, 2.24) is 9.88 Å². The van der Waals surface area contributed by atoms with Crippen LogP contribution in [0.25, 0.3) is 22.0 Å². The first kappa shape index (κ1) is 21.5. The van der Waals surface area contributed by atoms with Crippen LogP contribution in [0.2, 0.25) is 0 Å². The van der Waals surface area contributed by atoms with E-state index in [-0.39, 0.29) is 11.8 Å². The van der Waals surface area contributed by atoms with E-state index in [0.717, 1.165) is 11.1 Å². The highest BCUT2D eigenvalue weighted by molar-refractivity contribution is 7.17. The van der Waals surface area contributed by atoms with Gasteiger partial charge in [-0.05, 0) is 36.8 Å². The predicted octanol–water partition coefficient (Wildman–Crippen LogP) is 5.69. The normalized spacial score (nSPS) is 10.7. The lowest BCUT2D eigenvalue weighted by Crippen LogP contribution is -2.27. The van der Waals surface area contributed by atoms with Crippen LogP contribution in [0.4, 0.5) is 5.69 Å². The Morgan fingerprint density at radius 2 is 1.88 bits per heavy atom. The van der Waals surface area contributed by atoms with Gasteiger partial charge in [0, 0.05) is 31.3 Å². The molecule has 4 rings (SSSR count). The van der Waals surface area contributed by atoms with Crippen LogP contribution in [0.5, 0.6) is 0 Å². The topological polar surface area (TPSA) is 75.4 Å². The average molecular weight is 446 g/mol. The highest BCUT2D eigenvalue weighted by Gasteiger charge is 2.21. The van der Waals surface area contributed by atoms with E-state index in [4.69, 9.17) is 9.40 Å². The van der Waals surface area contributed by atoms with Gasteiger partial charge < -0.3 is 14.6 Å². The first-order valence-corrected chi connectivity index (χ1v) is 11.1. The quantitative estimate of drug-likeness (QED) is 0.396. The zero-order valence-corrected chi connectivity index (χ0v) is 18.7. The van der Waals surface area contributed by atoms with Gasteiger partial charge in [0.25, 0.3) is 5.91 Å². The van der Waals surface area contributed by atoms with Gasteiger partial charge in [-0.3, -0.25) is 9.59 Å². The molecule has 0 aliphatic carbocycles. The van der Waals surface area contributed by atoms with Crippen molar-refractivity contribution >= 4 is 28.8 Å². The lowest BCUT2D eigenvalue weighted by molar-refractivity contribution is -0.129. The van der Waals surface area contributed by atoms with Gasteiger partial charge in [0.05, 0.1) is 12.0 Å². The second-order valence-electron chi connectivity index (χ2n) is 7.23. The fraction of sp³-hybridized carbons (Fsp3) is 0.160. The van der Waals surface area contributed by atoms with Crippen LogP contribution in [0.15, 0.2) is 77.4 Å². The van der Waals surface area contributed by atoms with Crippen LogP contribution in [0.1, 0.15) is 29.1 Å². The maximum Gasteiger partial charge on any atom is 0.268 e. The summed E-state index contributed by atoms with van der Waals surface area (Å²) in [5.41, 5.74) is 3.09. The van der Waals surface area contributed by atoms with Crippen LogP contribution < -0.4 is 5.32 Å². The van der Waals surface area contributed by atoms with Gasteiger partial charge in [0.1, 0.15) is 4.88 Å². The summed E-state index contributed by atoms with van der Waals surface area (Å²) >= 11 is 1.29. The number of carbonyl (C=O) groups excluding carboxylic acids is 2. The number of aromatic nitrogens is 1. The number of amides is 2. The molecule has 0 aliphatic heterocycles. The minimum atomic E-state index is -0.241. The first-order valence-electron chi connectivity index (χ1n) is 10.3. The summed E-state index contributed by atoms with van der Waals surface area (Å²) in [6, 6.07) is 20.8. The van der Waals surface area contributed by atoms with Crippen LogP contribution in [0, 0.1) is 0 Å². The van der Waals surface area contributed by atoms with E-state index in [9.17, 15) is 9.59 Å². The summed E-state index contributed by atoms with van der Waals surface area (Å²) < 4.78 is 5.49. The molecular formula is C25H23N3O3S. The van der Waals surface area contributed by atoms with E-state index in [1.807, 2.05) is 67.6 Å². The Labute approximate surface area is 190 Å². The van der Waals surface area contributed by atoms with Gasteiger partial charge in [0.2, 0.25) is 5.91 Å². The molecule has 0 saturated heterocycles. The van der Waals surface area contributed by atoms with Gasteiger partial charge in [-0.2, -0.15) is 0 Å². The third-order valence-electron chi connectivity index (χ3n) is 5.00. The second kappa shape index (κ2) is 9.62. The molecule has 2 aromatic carbocycles. The molecule has 4 aromatic rings. The maximum atomic E-state index is 13.3. The third-order valence-corrected chi connectivity index (χ3v) is 6.07. The SMILES string of the molecule is CCN(Cc1cccc(NC(=O)c2sc(-c3ccco3)nc2-c2ccccc2)c1)C(C)=O. The summed E-state index contributed by atoms with van der Waals surface area (Å²) in [5, 5.41) is 3.63. The van der Waals surface area contributed by atoms with Gasteiger partial charge in [0.15, 0.2) is 10.8 Å². The summed E-state index contributed by atoms with van der Waals surface area (Å²) in [6.45, 7) is 4.62. The minimum absolute atomic E-state index is 0.0181. The third kappa shape index (κ3) is 4.78. The fourth-order valence-electron chi connectivity index (χ4n) is 3.37. The van der Waals surface area contributed by atoms with Crippen molar-refractivity contribution in [2.45, 2.75) is 20.4 Å². The number of nitrogens with zero attached hydrogens (tertiary/aromatic N) is 2. The molecule has 0 spiro atoms. The smallest absolute Gasteiger partial charge is 0.268 e. The number of furan rings is 1. The molecule has 0 fully saturated rings. The highest BCUT2D eigenvalue weighted by Crippen LogP contribution is 2.34. The summed E-state index contributed by atoms with van der Waals surface area (Å²) in [7, 11) is 0. The molecule has 7 heteroatoms. The molecular weight excluding hydrogens is 422 g/mol. The van der Waals surface area contributed by atoms with Gasteiger partial charge in [-0.25, -0.2) is 4.98 Å². The van der Waals surface area contributed by atoms with Crippen LogP contribution in [-0.4, -0.2) is 28.2 Å². The molecule has 2 aromatic heterocycles. The number of hydrogen-bond acceptors (Lipinski definition) is 5. The monoisotopic (exact) mass is 445 g/mol. The van der Waals surface area contributed by atoms with Crippen LogP contribution in [-0.2, 0) is 11.3 Å². The molecule has 1 N–H and O–H groups in total. The van der Waals surface area contributed by atoms with Crippen molar-refractivity contribution < 1.29 is 14.0 Å². The molecule has 2 amide bonds. The van der Waals surface area contributed by atoms with E-state index in [1.165, 1.54) is 11.3 Å². The number of benzene rings is 2. The molecule has 162 valence electrons. The van der Waals surface area contributed by atoms with Gasteiger partial charge >= 0.3 is 0 Å². The minimum Gasteiger partial charge on any atom is -0.462 e. The first-order chi connectivity index (χ1) is 15.5. The van der Waals surface area contributed by atoms with Crippen LogP contribution >= 0.6 is 11.3 Å². The zero-order chi connectivity index (χ0) is 22.5. The van der Waals surface area contributed by atoms with Crippen molar-refractivity contribution in [2.75, 3.05) is 11.9 Å². The lowest BCUT2D eigenvalue weighted by Gasteiger charge is -2.19. The Hall–Kier alpha value is -3.71. The highest BCUT2D eigenvalue weighted by atomic mass is 32.1. The van der Waals surface area contributed by atoms with E-state index in [0.29, 0.717) is 40.1 Å². The fourth-order valence-corrected chi connectivity index (χ4v) is 4.32. The van der Waals surface area contributed by atoms with Gasteiger partial charge in [-0.1, -0.05) is 42.5 Å². The molecule has 2 heterocycles. The number of anilines is 1. The van der Waals surface area contributed by atoms with Crippen molar-refractivity contribution in [1.29, 1.82) is 0 Å². The number of hydrogen-bond donors (Lipinski definition) is 1. The van der Waals surface area contributed by atoms with Crippen molar-refractivity contribution in [2.24, 2.45) is 0 Å². The van der Waals surface area contributed by atoms with E-state index in [1.54, 1.807) is 24.2 Å². The second-order valence-corrected chi connectivity index (χ2v) is 8.23. The Morgan fingerprint density at radius 3 is 2.56 bits per heavy atom. The number of rotatable bonds is 7. The molecule has 0 atom stereocenters. The number of thiazole rings is 1. The van der Waals surface area contributed by atoms with Crippen LogP contribution in [0.3, 0.4) is 0 Å². The Morgan fingerprint density at radius 1 is 1.06 bits per heavy atom. The van der Waals surface area contributed by atoms with Crippen molar-refractivity contribution in [3.05, 3.63) is 83.4 Å². The molecule has 0 saturated carbocycles. The summed E-state index contributed by atoms with van der Waals surface area (Å²) in [6.07, 6.45) is 1.59. The summed E-state index contributed by atoms with van der Waals surface area (Å²) in [4.78, 5) is 31.9. The molecule has 0 bridgehead atoms. The Kier molecular flexibility index (Phi) is 6.47. The van der Waals surface area contributed by atoms with Crippen molar-refractivity contribution in [3.63, 3.8) is 0 Å². The molecule has 32 heavy (non-hydrogen) atoms. The largest absolute Gasteiger partial charge is 0.462 e. The Bertz CT molecular complexity index is 1220. The lowest BCUT2D eigenvalue weighted by atomic mass is 10.1. The standard InChI is InChI=1S/C25H23N3O3S/c1-3-28(17(2)29)16-18-9-7-12-20(15-18)26-24(30)23-22(19-10-5-4-6-11-19)27-25(32-23)21-13-8-14-31-21/h4-15H,3,16H2,1-2H3,(H,26,30). The maximum absolute atomic E-state index is 13.3. The zero-order valence-electron chi connectivity index (χ0n) is 17.9. The van der Waals surface area contributed by atoms with Crippen molar-refractivity contribution in [3.8, 4) is 22.0 Å². The predicted molar refractivity (Wildman–Crippen MR) is 126 cm³/mol. The number of nitrogens with one attached hydrogen (secondary N) is 1. The summed E-state index contributed by atoms with van der Waals surface area (Å²) in [5.74, 6) is 0.400. The number of carbonyl (C=O) groups is 2. The molecule has 0 aliphatic rings. The molecule has 6 nitrogen and oxygen atoms in total. The van der Waals surface area contributed by atoms with E-state index >= 15 is 0 Å². The molecule has 0 unspecified atom stereocenters.